The highest BCUT2D eigenvalue weighted by atomic mass is 16.6. The van der Waals surface area contributed by atoms with Gasteiger partial charge in [-0.1, -0.05) is 6.08 Å². The molecule has 10 nitrogen and oxygen atoms in total. The molecule has 1 aliphatic rings. The Morgan fingerprint density at radius 3 is 2.78 bits per heavy atom. The van der Waals surface area contributed by atoms with Crippen molar-refractivity contribution in [3.63, 3.8) is 0 Å². The fourth-order valence-electron chi connectivity index (χ4n) is 4.30. The highest BCUT2D eigenvalue weighted by Crippen LogP contribution is 2.29. The van der Waals surface area contributed by atoms with Gasteiger partial charge in [-0.05, 0) is 65.1 Å². The molecule has 4 aromatic heterocycles. The number of imidazole rings is 1. The van der Waals surface area contributed by atoms with Gasteiger partial charge in [-0.25, -0.2) is 19.7 Å². The van der Waals surface area contributed by atoms with Gasteiger partial charge in [-0.3, -0.25) is 0 Å². The predicted molar refractivity (Wildman–Crippen MR) is 140 cm³/mol. The topological polar surface area (TPSA) is 104 Å². The average molecular weight is 489 g/mol. The first kappa shape index (κ1) is 23.8. The number of anilines is 2. The summed E-state index contributed by atoms with van der Waals surface area (Å²) in [6, 6.07) is 6.06. The van der Waals surface area contributed by atoms with Crippen LogP contribution in [0.3, 0.4) is 0 Å². The number of hydrogen-bond acceptors (Lipinski definition) is 7. The smallest absolute Gasteiger partial charge is 0.410 e. The van der Waals surface area contributed by atoms with E-state index >= 15 is 0 Å². The zero-order valence-corrected chi connectivity index (χ0v) is 21.4. The van der Waals surface area contributed by atoms with Crippen LogP contribution >= 0.6 is 0 Å². The summed E-state index contributed by atoms with van der Waals surface area (Å²) in [5.74, 6) is 0.725. The number of amides is 1. The van der Waals surface area contributed by atoms with Gasteiger partial charge in [0.1, 0.15) is 29.0 Å². The Labute approximate surface area is 210 Å². The Bertz CT molecular complexity index is 1440. The second-order valence-electron chi connectivity index (χ2n) is 10.3. The molecule has 1 aliphatic heterocycles. The molecule has 5 heterocycles. The summed E-state index contributed by atoms with van der Waals surface area (Å²) in [4.78, 5) is 33.1. The number of nitrogens with one attached hydrogen (secondary N) is 2. The van der Waals surface area contributed by atoms with Crippen LogP contribution in [-0.2, 0) is 11.3 Å². The van der Waals surface area contributed by atoms with E-state index in [-0.39, 0.29) is 6.09 Å². The third kappa shape index (κ3) is 5.03. The van der Waals surface area contributed by atoms with Crippen molar-refractivity contribution in [2.75, 3.05) is 32.5 Å². The van der Waals surface area contributed by atoms with E-state index in [9.17, 15) is 4.79 Å². The van der Waals surface area contributed by atoms with Crippen molar-refractivity contribution in [3.8, 4) is 0 Å². The molecule has 0 atom stereocenters. The minimum Gasteiger partial charge on any atom is -0.444 e. The fourth-order valence-corrected chi connectivity index (χ4v) is 4.30. The van der Waals surface area contributed by atoms with Gasteiger partial charge >= 0.3 is 6.09 Å². The molecule has 0 spiro atoms. The minimum atomic E-state index is -0.503. The van der Waals surface area contributed by atoms with Crippen LogP contribution in [0.25, 0.3) is 22.3 Å². The molecule has 5 rings (SSSR count). The minimum absolute atomic E-state index is 0.282. The maximum absolute atomic E-state index is 12.4. The van der Waals surface area contributed by atoms with Gasteiger partial charge < -0.3 is 29.2 Å². The number of aromatic nitrogens is 5. The SMILES string of the molecule is CN(C)Cc1cnc2ccc(Nc3ncnc4[nH]c(C5=CCN(C(=O)OC(C)(C)C)CC5)cc34)cn12. The van der Waals surface area contributed by atoms with Crippen LogP contribution in [0.1, 0.15) is 38.6 Å². The third-order valence-corrected chi connectivity index (χ3v) is 5.96. The van der Waals surface area contributed by atoms with Crippen molar-refractivity contribution in [1.29, 1.82) is 0 Å². The van der Waals surface area contributed by atoms with Crippen molar-refractivity contribution < 1.29 is 9.53 Å². The molecule has 0 radical (unpaired) electrons. The Morgan fingerprint density at radius 1 is 1.22 bits per heavy atom. The van der Waals surface area contributed by atoms with Gasteiger partial charge in [0.15, 0.2) is 0 Å². The van der Waals surface area contributed by atoms with Gasteiger partial charge in [-0.2, -0.15) is 0 Å². The van der Waals surface area contributed by atoms with Crippen LogP contribution in [0.15, 0.2) is 43.0 Å². The third-order valence-electron chi connectivity index (χ3n) is 5.96. The average Bonchev–Trinajstić information content (AvgIpc) is 3.43. The lowest BCUT2D eigenvalue weighted by molar-refractivity contribution is 0.0270. The van der Waals surface area contributed by atoms with Gasteiger partial charge in [0.25, 0.3) is 0 Å². The first-order valence-electron chi connectivity index (χ1n) is 12.0. The van der Waals surface area contributed by atoms with E-state index in [0.29, 0.717) is 13.1 Å². The Hall–Kier alpha value is -3.92. The highest BCUT2D eigenvalue weighted by molar-refractivity contribution is 5.92. The van der Waals surface area contributed by atoms with Crippen molar-refractivity contribution in [2.24, 2.45) is 0 Å². The molecule has 0 aromatic carbocycles. The van der Waals surface area contributed by atoms with E-state index in [1.165, 1.54) is 0 Å². The summed E-state index contributed by atoms with van der Waals surface area (Å²) < 4.78 is 7.59. The van der Waals surface area contributed by atoms with E-state index in [2.05, 4.69) is 46.7 Å². The van der Waals surface area contributed by atoms with Gasteiger partial charge in [-0.15, -0.1) is 0 Å². The summed E-state index contributed by atoms with van der Waals surface area (Å²) in [6.45, 7) is 7.55. The molecule has 0 unspecified atom stereocenters. The van der Waals surface area contributed by atoms with Crippen LogP contribution in [0.2, 0.25) is 0 Å². The maximum atomic E-state index is 12.4. The van der Waals surface area contributed by atoms with Crippen LogP contribution in [0.4, 0.5) is 16.3 Å². The van der Waals surface area contributed by atoms with Gasteiger partial charge in [0.2, 0.25) is 0 Å². The number of pyridine rings is 1. The number of nitrogens with zero attached hydrogens (tertiary/aromatic N) is 6. The molecule has 10 heteroatoms. The molecule has 36 heavy (non-hydrogen) atoms. The number of carbonyl (C=O) groups excluding carboxylic acids is 1. The number of fused-ring (bicyclic) bond motifs is 2. The lowest BCUT2D eigenvalue weighted by atomic mass is 10.1. The molecule has 0 fully saturated rings. The second kappa shape index (κ2) is 9.27. The van der Waals surface area contributed by atoms with Crippen molar-refractivity contribution in [2.45, 2.75) is 39.3 Å². The molecule has 2 N–H and O–H groups in total. The standard InChI is InChI=1S/C26H32N8O2/c1-26(2,3)36-25(35)33-10-8-17(9-11-33)21-12-20-23(28-16-29-24(20)31-21)30-18-6-7-22-27-13-19(15-32(4)5)34(22)14-18/h6-8,12-14,16H,9-11,15H2,1-5H3,(H2,28,29,30,31). The first-order chi connectivity index (χ1) is 17.2. The number of aromatic amines is 1. The fraction of sp³-hybridized carbons (Fsp3) is 0.385. The number of carbonyl (C=O) groups is 1. The van der Waals surface area contributed by atoms with Crippen LogP contribution in [-0.4, -0.2) is 73.0 Å². The largest absolute Gasteiger partial charge is 0.444 e. The van der Waals surface area contributed by atoms with Crippen molar-refractivity contribution >= 4 is 39.9 Å². The quantitative estimate of drug-likeness (QED) is 0.428. The molecule has 0 saturated heterocycles. The zero-order valence-electron chi connectivity index (χ0n) is 21.4. The lowest BCUT2D eigenvalue weighted by Gasteiger charge is -2.29. The van der Waals surface area contributed by atoms with Crippen LogP contribution in [0, 0.1) is 0 Å². The predicted octanol–water partition coefficient (Wildman–Crippen LogP) is 4.44. The molecule has 1 amide bonds. The normalized spacial score (nSPS) is 14.5. The first-order valence-corrected chi connectivity index (χ1v) is 12.0. The van der Waals surface area contributed by atoms with E-state index < -0.39 is 5.60 Å². The molecule has 0 aliphatic carbocycles. The van der Waals surface area contributed by atoms with E-state index in [1.807, 2.05) is 59.4 Å². The number of H-pyrrole nitrogens is 1. The highest BCUT2D eigenvalue weighted by Gasteiger charge is 2.24. The number of rotatable bonds is 5. The Kier molecular flexibility index (Phi) is 6.13. The van der Waals surface area contributed by atoms with E-state index in [0.717, 1.165) is 58.1 Å². The molecular weight excluding hydrogens is 456 g/mol. The molecule has 188 valence electrons. The molecular formula is C26H32N8O2. The number of hydrogen-bond donors (Lipinski definition) is 2. The summed E-state index contributed by atoms with van der Waals surface area (Å²) in [7, 11) is 4.08. The van der Waals surface area contributed by atoms with E-state index in [1.54, 1.807) is 11.2 Å². The zero-order chi connectivity index (χ0) is 25.4. The summed E-state index contributed by atoms with van der Waals surface area (Å²) in [5.41, 5.74) is 5.31. The monoisotopic (exact) mass is 488 g/mol. The van der Waals surface area contributed by atoms with Gasteiger partial charge in [0, 0.05) is 31.5 Å². The van der Waals surface area contributed by atoms with Crippen molar-refractivity contribution in [1.82, 2.24) is 34.1 Å². The number of ether oxygens (including phenoxy) is 1. The molecule has 4 aromatic rings. The summed E-state index contributed by atoms with van der Waals surface area (Å²) in [5, 5.41) is 4.35. The Morgan fingerprint density at radius 2 is 2.06 bits per heavy atom. The molecule has 0 bridgehead atoms. The maximum Gasteiger partial charge on any atom is 0.410 e. The lowest BCUT2D eigenvalue weighted by Crippen LogP contribution is -2.39. The summed E-state index contributed by atoms with van der Waals surface area (Å²) in [6.07, 6.45) is 8.01. The van der Waals surface area contributed by atoms with E-state index in [4.69, 9.17) is 4.74 Å². The van der Waals surface area contributed by atoms with Crippen LogP contribution < -0.4 is 5.32 Å². The van der Waals surface area contributed by atoms with Crippen molar-refractivity contribution in [3.05, 3.63) is 54.4 Å². The Balaban J connectivity index is 1.37. The van der Waals surface area contributed by atoms with Gasteiger partial charge in [0.05, 0.1) is 23.0 Å². The summed E-state index contributed by atoms with van der Waals surface area (Å²) >= 11 is 0. The second-order valence-corrected chi connectivity index (χ2v) is 10.3. The molecule has 0 saturated carbocycles. The van der Waals surface area contributed by atoms with Crippen LogP contribution in [0.5, 0.6) is 0 Å².